The number of halogens is 1. The van der Waals surface area contributed by atoms with Crippen molar-refractivity contribution in [3.05, 3.63) is 59.4 Å². The number of carbonyl (C=O) groups excluding carboxylic acids is 1. The van der Waals surface area contributed by atoms with Crippen molar-refractivity contribution in [3.8, 4) is 5.75 Å². The molecule has 2 N–H and O–H groups in total. The summed E-state index contributed by atoms with van der Waals surface area (Å²) in [5.41, 5.74) is 2.15. The fraction of sp³-hybridized carbons (Fsp3) is 0.211. The predicted octanol–water partition coefficient (Wildman–Crippen LogP) is 4.15. The van der Waals surface area contributed by atoms with Crippen LogP contribution in [0.15, 0.2) is 46.8 Å². The Balaban J connectivity index is 1.46. The molecule has 6 nitrogen and oxygen atoms in total. The molecule has 0 saturated heterocycles. The van der Waals surface area contributed by atoms with E-state index in [9.17, 15) is 9.18 Å². The fourth-order valence-corrected chi connectivity index (χ4v) is 3.87. The van der Waals surface area contributed by atoms with Crippen molar-refractivity contribution in [1.29, 1.82) is 0 Å². The number of ether oxygens (including phenoxy) is 1. The average molecular weight is 419 g/mol. The molecule has 0 atom stereocenters. The number of nitrogens with zero attached hydrogens (tertiary/aromatic N) is 2. The van der Waals surface area contributed by atoms with Crippen LogP contribution in [0.2, 0.25) is 0 Å². The van der Waals surface area contributed by atoms with Crippen molar-refractivity contribution in [3.63, 3.8) is 0 Å². The second kappa shape index (κ2) is 9.52. The average Bonchev–Trinajstić information content (AvgIpc) is 3.14. The number of nitrogens with one attached hydrogen (secondary N) is 2. The summed E-state index contributed by atoms with van der Waals surface area (Å²) in [7, 11) is 1.61. The van der Waals surface area contributed by atoms with Gasteiger partial charge in [0.15, 0.2) is 4.34 Å². The van der Waals surface area contributed by atoms with Gasteiger partial charge in [0, 0.05) is 18.3 Å². The number of methoxy groups -OCH3 is 1. The minimum atomic E-state index is -0.272. The summed E-state index contributed by atoms with van der Waals surface area (Å²) in [6.45, 7) is 1.99. The molecule has 28 heavy (non-hydrogen) atoms. The molecular weight excluding hydrogens is 399 g/mol. The Hall–Kier alpha value is -2.65. The van der Waals surface area contributed by atoms with Crippen LogP contribution in [0, 0.1) is 12.7 Å². The Bertz CT molecular complexity index is 965. The van der Waals surface area contributed by atoms with E-state index in [0.29, 0.717) is 15.0 Å². The van der Waals surface area contributed by atoms with E-state index in [1.54, 1.807) is 26.2 Å². The number of rotatable bonds is 8. The molecule has 0 aliphatic carbocycles. The lowest BCUT2D eigenvalue weighted by molar-refractivity contribution is -0.118. The summed E-state index contributed by atoms with van der Waals surface area (Å²) >= 11 is 2.66. The predicted molar refractivity (Wildman–Crippen MR) is 110 cm³/mol. The molecule has 1 aromatic heterocycles. The van der Waals surface area contributed by atoms with Crippen LogP contribution < -0.4 is 15.4 Å². The summed E-state index contributed by atoms with van der Waals surface area (Å²) in [6, 6.07) is 12.4. The number of aryl methyl sites for hydroxylation is 1. The third-order valence-corrected chi connectivity index (χ3v) is 5.75. The van der Waals surface area contributed by atoms with Gasteiger partial charge in [-0.15, -0.1) is 10.2 Å². The molecule has 0 aliphatic heterocycles. The lowest BCUT2D eigenvalue weighted by Crippen LogP contribution is -2.24. The summed E-state index contributed by atoms with van der Waals surface area (Å²) in [5, 5.41) is 14.7. The van der Waals surface area contributed by atoms with E-state index >= 15 is 0 Å². The number of thioether (sulfide) groups is 1. The molecule has 0 bridgehead atoms. The molecule has 146 valence electrons. The van der Waals surface area contributed by atoms with Gasteiger partial charge >= 0.3 is 0 Å². The second-order valence-electron chi connectivity index (χ2n) is 5.88. The highest BCUT2D eigenvalue weighted by molar-refractivity contribution is 8.01. The Morgan fingerprint density at radius 1 is 1.25 bits per heavy atom. The van der Waals surface area contributed by atoms with E-state index in [2.05, 4.69) is 20.8 Å². The number of hydrogen-bond donors (Lipinski definition) is 2. The number of aromatic nitrogens is 2. The number of amides is 1. The van der Waals surface area contributed by atoms with Crippen LogP contribution in [-0.2, 0) is 11.3 Å². The van der Waals surface area contributed by atoms with Gasteiger partial charge in [-0.2, -0.15) is 0 Å². The van der Waals surface area contributed by atoms with Crippen molar-refractivity contribution in [2.45, 2.75) is 17.8 Å². The Morgan fingerprint density at radius 3 is 2.89 bits per heavy atom. The molecule has 0 unspecified atom stereocenters. The zero-order valence-corrected chi connectivity index (χ0v) is 17.0. The Morgan fingerprint density at radius 2 is 2.11 bits per heavy atom. The van der Waals surface area contributed by atoms with E-state index in [0.717, 1.165) is 17.0 Å². The summed E-state index contributed by atoms with van der Waals surface area (Å²) in [6.07, 6.45) is 0. The van der Waals surface area contributed by atoms with E-state index in [-0.39, 0.29) is 24.0 Å². The monoisotopic (exact) mass is 418 g/mol. The van der Waals surface area contributed by atoms with Crippen LogP contribution in [0.1, 0.15) is 11.1 Å². The highest BCUT2D eigenvalue weighted by atomic mass is 32.2. The van der Waals surface area contributed by atoms with Crippen molar-refractivity contribution in [2.24, 2.45) is 0 Å². The van der Waals surface area contributed by atoms with Crippen LogP contribution in [-0.4, -0.2) is 29.0 Å². The van der Waals surface area contributed by atoms with Gasteiger partial charge < -0.3 is 15.4 Å². The van der Waals surface area contributed by atoms with Crippen molar-refractivity contribution in [2.75, 3.05) is 18.2 Å². The fourth-order valence-electron chi connectivity index (χ4n) is 2.27. The van der Waals surface area contributed by atoms with E-state index in [1.807, 2.05) is 24.3 Å². The lowest BCUT2D eigenvalue weighted by atomic mass is 10.1. The van der Waals surface area contributed by atoms with E-state index in [4.69, 9.17) is 4.74 Å². The maximum atomic E-state index is 13.5. The first-order valence-corrected chi connectivity index (χ1v) is 10.2. The molecule has 2 aromatic carbocycles. The first-order valence-electron chi connectivity index (χ1n) is 8.42. The molecule has 0 saturated carbocycles. The normalized spacial score (nSPS) is 10.5. The molecule has 0 aliphatic rings. The van der Waals surface area contributed by atoms with E-state index < -0.39 is 0 Å². The molecular formula is C19H19FN4O2S2. The second-order valence-corrected chi connectivity index (χ2v) is 8.08. The summed E-state index contributed by atoms with van der Waals surface area (Å²) in [4.78, 5) is 12.0. The van der Waals surface area contributed by atoms with Crippen LogP contribution in [0.3, 0.4) is 0 Å². The smallest absolute Gasteiger partial charge is 0.230 e. The van der Waals surface area contributed by atoms with E-state index in [1.165, 1.54) is 29.2 Å². The first-order chi connectivity index (χ1) is 13.5. The largest absolute Gasteiger partial charge is 0.497 e. The van der Waals surface area contributed by atoms with Gasteiger partial charge in [0.05, 0.1) is 12.9 Å². The topological polar surface area (TPSA) is 76.1 Å². The third kappa shape index (κ3) is 5.67. The summed E-state index contributed by atoms with van der Waals surface area (Å²) < 4.78 is 19.4. The minimum absolute atomic E-state index is 0.150. The lowest BCUT2D eigenvalue weighted by Gasteiger charge is -2.05. The quantitative estimate of drug-likeness (QED) is 0.536. The number of carbonyl (C=O) groups is 1. The van der Waals surface area contributed by atoms with Gasteiger partial charge in [-0.05, 0) is 36.2 Å². The van der Waals surface area contributed by atoms with Crippen LogP contribution in [0.25, 0.3) is 0 Å². The SMILES string of the molecule is COc1cccc(Nc2nnc(SCC(=O)NCc3ccc(C)c(F)c3)s2)c1. The zero-order chi connectivity index (χ0) is 19.9. The molecule has 9 heteroatoms. The maximum Gasteiger partial charge on any atom is 0.230 e. The maximum absolute atomic E-state index is 13.5. The van der Waals surface area contributed by atoms with Crippen LogP contribution >= 0.6 is 23.1 Å². The Kier molecular flexibility index (Phi) is 6.83. The van der Waals surface area contributed by atoms with Crippen LogP contribution in [0.5, 0.6) is 5.75 Å². The molecule has 1 amide bonds. The third-order valence-electron chi connectivity index (χ3n) is 3.78. The van der Waals surface area contributed by atoms with Gasteiger partial charge in [0.25, 0.3) is 0 Å². The number of anilines is 2. The molecule has 3 aromatic rings. The van der Waals surface area contributed by atoms with Gasteiger partial charge in [-0.1, -0.05) is 41.3 Å². The van der Waals surface area contributed by atoms with Gasteiger partial charge in [0.1, 0.15) is 11.6 Å². The van der Waals surface area contributed by atoms with Crippen molar-refractivity contribution in [1.82, 2.24) is 15.5 Å². The number of hydrogen-bond acceptors (Lipinski definition) is 7. The Labute approximate surface area is 170 Å². The standard InChI is InChI=1S/C19H19FN4O2S2/c1-12-6-7-13(8-16(12)20)10-21-17(25)11-27-19-24-23-18(28-19)22-14-4-3-5-15(9-14)26-2/h3-9H,10-11H2,1-2H3,(H,21,25)(H,22,23). The van der Waals surface area contributed by atoms with Gasteiger partial charge in [-0.3, -0.25) is 4.79 Å². The summed E-state index contributed by atoms with van der Waals surface area (Å²) in [5.74, 6) is 0.533. The highest BCUT2D eigenvalue weighted by Crippen LogP contribution is 2.28. The van der Waals surface area contributed by atoms with Gasteiger partial charge in [-0.25, -0.2) is 4.39 Å². The first kappa shape index (κ1) is 20.1. The van der Waals surface area contributed by atoms with Crippen molar-refractivity contribution < 1.29 is 13.9 Å². The number of benzene rings is 2. The zero-order valence-electron chi connectivity index (χ0n) is 15.4. The molecule has 0 fully saturated rings. The molecule has 1 heterocycles. The van der Waals surface area contributed by atoms with Crippen molar-refractivity contribution >= 4 is 39.8 Å². The minimum Gasteiger partial charge on any atom is -0.497 e. The highest BCUT2D eigenvalue weighted by Gasteiger charge is 2.09. The molecule has 3 rings (SSSR count). The molecule has 0 radical (unpaired) electrons. The van der Waals surface area contributed by atoms with Gasteiger partial charge in [0.2, 0.25) is 11.0 Å². The van der Waals surface area contributed by atoms with Crippen LogP contribution in [0.4, 0.5) is 15.2 Å². The molecule has 0 spiro atoms.